The molecule has 1 N–H and O–H groups in total. The lowest BCUT2D eigenvalue weighted by Crippen LogP contribution is -2.38. The lowest BCUT2D eigenvalue weighted by Gasteiger charge is -2.42. The van der Waals surface area contributed by atoms with E-state index in [0.717, 1.165) is 18.5 Å². The summed E-state index contributed by atoms with van der Waals surface area (Å²) in [5, 5.41) is 9.65. The second-order valence-corrected chi connectivity index (χ2v) is 26.8. The normalized spacial score (nSPS) is 18.7. The largest absolute Gasteiger partial charge is 0.355 e. The van der Waals surface area contributed by atoms with E-state index in [9.17, 15) is 0 Å². The van der Waals surface area contributed by atoms with Gasteiger partial charge in [0.1, 0.15) is 0 Å². The van der Waals surface area contributed by atoms with Crippen LogP contribution in [-0.2, 0) is 32.5 Å². The van der Waals surface area contributed by atoms with Gasteiger partial charge in [-0.1, -0.05) is 156 Å². The van der Waals surface area contributed by atoms with Gasteiger partial charge < -0.3 is 9.88 Å². The van der Waals surface area contributed by atoms with Crippen molar-refractivity contribution in [1.82, 2.24) is 4.57 Å². The highest BCUT2D eigenvalue weighted by Gasteiger charge is 2.43. The second-order valence-electron chi connectivity index (χ2n) is 25.8. The van der Waals surface area contributed by atoms with Crippen LogP contribution in [0.5, 0.6) is 0 Å². The average molecular weight is 918 g/mol. The van der Waals surface area contributed by atoms with E-state index in [0.29, 0.717) is 0 Å². The average Bonchev–Trinajstić information content (AvgIpc) is 3.92. The molecule has 0 saturated heterocycles. The molecule has 0 amide bonds. The zero-order valence-electron chi connectivity index (χ0n) is 43.2. The summed E-state index contributed by atoms with van der Waals surface area (Å²) < 4.78 is 5.46. The van der Waals surface area contributed by atoms with Crippen LogP contribution in [0, 0.1) is 0 Å². The van der Waals surface area contributed by atoms with Crippen LogP contribution in [0.3, 0.4) is 0 Å². The van der Waals surface area contributed by atoms with Gasteiger partial charge in [0.15, 0.2) is 7.28 Å². The van der Waals surface area contributed by atoms with Crippen molar-refractivity contribution >= 4 is 82.9 Å². The zero-order valence-corrected chi connectivity index (χ0v) is 44.0. The van der Waals surface area contributed by atoms with Gasteiger partial charge in [-0.25, -0.2) is 0 Å². The quantitative estimate of drug-likeness (QED) is 0.175. The van der Waals surface area contributed by atoms with Crippen LogP contribution in [0.4, 0.5) is 11.4 Å². The van der Waals surface area contributed by atoms with E-state index in [-0.39, 0.29) is 32.5 Å². The number of benzene rings is 7. The molecule has 4 heteroatoms. The Balaban J connectivity index is 1.21. The Labute approximate surface area is 414 Å². The number of aromatic nitrogens is 1. The Morgan fingerprint density at radius 3 is 1.84 bits per heavy atom. The summed E-state index contributed by atoms with van der Waals surface area (Å²) in [5.41, 5.74) is 24.6. The molecular formula is C65H66BN2S. The minimum atomic E-state index is -0.118. The SMILES string of the molecule is CC(C)(C)c1ccc(Nc2cc3c(cc2-c2c4c5c(c6cc7c(cc6n5-c5cc6c(cc5[B]4)C(C)(C)c4ccccc4-6)C(C)(C)CCC7(C)C)c4c2sc2ccccc24)C(C)(C)CCC3(C)C)cc1. The topological polar surface area (TPSA) is 17.0 Å². The molecule has 13 rings (SSSR count). The highest BCUT2D eigenvalue weighted by molar-refractivity contribution is 7.26. The minimum Gasteiger partial charge on any atom is -0.355 e. The summed E-state index contributed by atoms with van der Waals surface area (Å²) in [6.07, 6.45) is 4.68. The van der Waals surface area contributed by atoms with Crippen molar-refractivity contribution in [3.8, 4) is 27.9 Å². The molecule has 345 valence electrons. The first-order valence-corrected chi connectivity index (χ1v) is 26.6. The molecule has 69 heavy (non-hydrogen) atoms. The number of thiophene rings is 1. The van der Waals surface area contributed by atoms with Gasteiger partial charge in [-0.15, -0.1) is 11.3 Å². The molecule has 3 aliphatic carbocycles. The molecule has 0 spiro atoms. The molecule has 4 aliphatic rings. The van der Waals surface area contributed by atoms with Crippen molar-refractivity contribution in [2.45, 2.75) is 148 Å². The number of anilines is 2. The Hall–Kier alpha value is -5.58. The molecule has 2 aromatic heterocycles. The third-order valence-electron chi connectivity index (χ3n) is 18.1. The van der Waals surface area contributed by atoms with Gasteiger partial charge in [-0.05, 0) is 162 Å². The van der Waals surface area contributed by atoms with Crippen LogP contribution >= 0.6 is 11.3 Å². The molecule has 0 bridgehead atoms. The van der Waals surface area contributed by atoms with Crippen molar-refractivity contribution in [1.29, 1.82) is 0 Å². The molecule has 0 atom stereocenters. The van der Waals surface area contributed by atoms with Crippen LogP contribution in [0.15, 0.2) is 109 Å². The number of hydrogen-bond acceptors (Lipinski definition) is 2. The third-order valence-corrected chi connectivity index (χ3v) is 19.3. The summed E-state index contributed by atoms with van der Waals surface area (Å²) in [7, 11) is 2.61. The summed E-state index contributed by atoms with van der Waals surface area (Å²) in [5.74, 6) is 0. The molecule has 1 radical (unpaired) electrons. The van der Waals surface area contributed by atoms with Crippen molar-refractivity contribution in [3.63, 3.8) is 0 Å². The van der Waals surface area contributed by atoms with Crippen LogP contribution in [0.1, 0.15) is 155 Å². The van der Waals surface area contributed by atoms with Gasteiger partial charge in [0.2, 0.25) is 0 Å². The van der Waals surface area contributed by atoms with E-state index < -0.39 is 0 Å². The summed E-state index contributed by atoms with van der Waals surface area (Å²) in [6, 6.07) is 43.3. The van der Waals surface area contributed by atoms with Gasteiger partial charge in [-0.3, -0.25) is 0 Å². The first-order valence-electron chi connectivity index (χ1n) is 25.8. The van der Waals surface area contributed by atoms with Crippen molar-refractivity contribution < 1.29 is 0 Å². The maximum absolute atomic E-state index is 4.14. The van der Waals surface area contributed by atoms with Crippen molar-refractivity contribution in [2.24, 2.45) is 0 Å². The summed E-state index contributed by atoms with van der Waals surface area (Å²) in [4.78, 5) is 0. The van der Waals surface area contributed by atoms with Crippen LogP contribution < -0.4 is 16.2 Å². The first-order chi connectivity index (χ1) is 32.5. The Bertz CT molecular complexity index is 3730. The van der Waals surface area contributed by atoms with Crippen molar-refractivity contribution in [3.05, 3.63) is 148 Å². The number of fused-ring (bicyclic) bond motifs is 14. The Kier molecular flexibility index (Phi) is 8.72. The molecule has 3 heterocycles. The molecule has 0 fully saturated rings. The van der Waals surface area contributed by atoms with Crippen LogP contribution in [0.2, 0.25) is 0 Å². The predicted octanol–water partition coefficient (Wildman–Crippen LogP) is 16.8. The summed E-state index contributed by atoms with van der Waals surface area (Å²) >= 11 is 1.99. The fourth-order valence-electron chi connectivity index (χ4n) is 13.6. The standard InChI is InChI=1S/C65H66BN2S/c1-60(2,3)36-22-24-37(25-23-36)67-50-34-47-45(61(4,5)26-28-63(47,8)9)30-41(50)56-57-58-54(55-39-19-15-17-21-53(39)69-59(55)56)42-31-46-48(64(10,11)29-27-62(46,6)7)35-51(42)68(58)52-32-40-38-18-14-16-20-43(38)65(12,13)44(40)33-49(52)66-57/h14-25,30-35,67H,26-29H2,1-13H3. The fraction of sp³-hybridized carbons (Fsp3) is 0.354. The van der Waals surface area contributed by atoms with E-state index in [1.165, 1.54) is 138 Å². The molecular weight excluding hydrogens is 852 g/mol. The van der Waals surface area contributed by atoms with Crippen molar-refractivity contribution in [2.75, 3.05) is 5.32 Å². The van der Waals surface area contributed by atoms with Gasteiger partial charge in [0.05, 0.1) is 5.52 Å². The second kappa shape index (κ2) is 13.8. The summed E-state index contributed by atoms with van der Waals surface area (Å²) in [6.45, 7) is 31.6. The number of rotatable bonds is 3. The van der Waals surface area contributed by atoms with Crippen LogP contribution in [0.25, 0.3) is 69.9 Å². The minimum absolute atomic E-state index is 0.0259. The lowest BCUT2D eigenvalue weighted by atomic mass is 9.57. The van der Waals surface area contributed by atoms with E-state index in [1.807, 2.05) is 11.3 Å². The molecule has 9 aromatic rings. The lowest BCUT2D eigenvalue weighted by molar-refractivity contribution is 0.332. The van der Waals surface area contributed by atoms with Crippen LogP contribution in [-0.4, -0.2) is 11.8 Å². The fourth-order valence-corrected chi connectivity index (χ4v) is 14.9. The van der Waals surface area contributed by atoms with Gasteiger partial charge in [0.25, 0.3) is 0 Å². The molecule has 1 aliphatic heterocycles. The number of nitrogens with zero attached hydrogens (tertiary/aromatic N) is 1. The van der Waals surface area contributed by atoms with E-state index in [1.54, 1.807) is 0 Å². The molecule has 7 aromatic carbocycles. The monoisotopic (exact) mass is 918 g/mol. The van der Waals surface area contributed by atoms with E-state index >= 15 is 0 Å². The van der Waals surface area contributed by atoms with Gasteiger partial charge >= 0.3 is 0 Å². The highest BCUT2D eigenvalue weighted by Crippen LogP contribution is 2.56. The number of nitrogens with one attached hydrogen (secondary N) is 1. The maximum atomic E-state index is 4.14. The van der Waals surface area contributed by atoms with E-state index in [4.69, 9.17) is 0 Å². The maximum Gasteiger partial charge on any atom is 0.197 e. The van der Waals surface area contributed by atoms with Gasteiger partial charge in [-0.2, -0.15) is 0 Å². The Morgan fingerprint density at radius 1 is 0.551 bits per heavy atom. The highest BCUT2D eigenvalue weighted by atomic mass is 32.1. The molecule has 0 unspecified atom stereocenters. The zero-order chi connectivity index (χ0) is 48.1. The smallest absolute Gasteiger partial charge is 0.197 e. The third kappa shape index (κ3) is 6.03. The van der Waals surface area contributed by atoms with E-state index in [2.05, 4.69) is 216 Å². The van der Waals surface area contributed by atoms with Gasteiger partial charge in [0, 0.05) is 64.5 Å². The number of hydrogen-bond donors (Lipinski definition) is 1. The molecule has 2 nitrogen and oxygen atoms in total. The molecule has 0 saturated carbocycles. The predicted molar refractivity (Wildman–Crippen MR) is 301 cm³/mol. The first kappa shape index (κ1) is 43.4. The Morgan fingerprint density at radius 2 is 1.16 bits per heavy atom.